The number of aromatic nitrogens is 4. The standard InChI is InChI=1S/C16H16N6/c1-11-15(21-9-19-11)7-17-13-4-3-5-14(6-13)18-8-16-12(2)20-10-22-16/h3-10H,1-2H3,(H,19,21)(H,20,22). The van der Waals surface area contributed by atoms with E-state index in [1.165, 1.54) is 0 Å². The number of H-pyrrole nitrogens is 2. The fraction of sp³-hybridized carbons (Fsp3) is 0.125. The molecular weight excluding hydrogens is 276 g/mol. The summed E-state index contributed by atoms with van der Waals surface area (Å²) < 4.78 is 0. The van der Waals surface area contributed by atoms with Gasteiger partial charge in [0.1, 0.15) is 11.4 Å². The van der Waals surface area contributed by atoms with Crippen LogP contribution in [-0.2, 0) is 0 Å². The largest absolute Gasteiger partial charge is 0.348 e. The number of aliphatic imine (C=N–C) groups is 2. The van der Waals surface area contributed by atoms with Gasteiger partial charge in [-0.05, 0) is 32.0 Å². The summed E-state index contributed by atoms with van der Waals surface area (Å²) in [5.41, 5.74) is 5.31. The summed E-state index contributed by atoms with van der Waals surface area (Å²) in [6.07, 6.45) is 6.80. The number of rotatable bonds is 4. The molecule has 0 unspecified atom stereocenters. The van der Waals surface area contributed by atoms with Crippen LogP contribution in [0.3, 0.4) is 0 Å². The Morgan fingerprint density at radius 2 is 1.36 bits per heavy atom. The molecule has 0 aliphatic rings. The summed E-state index contributed by atoms with van der Waals surface area (Å²) in [7, 11) is 0. The van der Waals surface area contributed by atoms with Crippen LogP contribution in [0.1, 0.15) is 22.8 Å². The van der Waals surface area contributed by atoms with Crippen molar-refractivity contribution in [2.45, 2.75) is 13.8 Å². The molecule has 0 saturated carbocycles. The van der Waals surface area contributed by atoms with E-state index in [2.05, 4.69) is 29.9 Å². The first-order valence-corrected chi connectivity index (χ1v) is 6.90. The Kier molecular flexibility index (Phi) is 3.91. The predicted molar refractivity (Wildman–Crippen MR) is 87.6 cm³/mol. The van der Waals surface area contributed by atoms with Crippen LogP contribution < -0.4 is 0 Å². The molecule has 0 aliphatic carbocycles. The second-order valence-corrected chi connectivity index (χ2v) is 4.86. The average molecular weight is 292 g/mol. The molecule has 2 N–H and O–H groups in total. The number of nitrogens with zero attached hydrogens (tertiary/aromatic N) is 4. The van der Waals surface area contributed by atoms with E-state index >= 15 is 0 Å². The Balaban J connectivity index is 1.78. The molecule has 0 amide bonds. The summed E-state index contributed by atoms with van der Waals surface area (Å²) in [6.45, 7) is 3.92. The van der Waals surface area contributed by atoms with E-state index in [-0.39, 0.29) is 0 Å². The van der Waals surface area contributed by atoms with E-state index in [1.807, 2.05) is 38.1 Å². The van der Waals surface area contributed by atoms with Gasteiger partial charge < -0.3 is 9.97 Å². The number of hydrogen-bond acceptors (Lipinski definition) is 4. The van der Waals surface area contributed by atoms with Gasteiger partial charge in [-0.15, -0.1) is 0 Å². The summed E-state index contributed by atoms with van der Waals surface area (Å²) in [5.74, 6) is 0. The smallest absolute Gasteiger partial charge is 0.102 e. The van der Waals surface area contributed by atoms with Crippen LogP contribution in [0.25, 0.3) is 0 Å². The molecule has 110 valence electrons. The van der Waals surface area contributed by atoms with Crippen molar-refractivity contribution in [3.05, 3.63) is 59.7 Å². The maximum absolute atomic E-state index is 4.43. The number of hydrogen-bond donors (Lipinski definition) is 2. The van der Waals surface area contributed by atoms with Crippen molar-refractivity contribution in [3.8, 4) is 0 Å². The van der Waals surface area contributed by atoms with Crippen molar-refractivity contribution in [2.24, 2.45) is 9.98 Å². The van der Waals surface area contributed by atoms with Crippen molar-refractivity contribution >= 4 is 23.8 Å². The lowest BCUT2D eigenvalue weighted by Crippen LogP contribution is -1.84. The van der Waals surface area contributed by atoms with E-state index in [0.29, 0.717) is 0 Å². The van der Waals surface area contributed by atoms with Gasteiger partial charge in [-0.25, -0.2) is 9.97 Å². The Morgan fingerprint density at radius 1 is 0.864 bits per heavy atom. The van der Waals surface area contributed by atoms with E-state index in [4.69, 9.17) is 0 Å². The highest BCUT2D eigenvalue weighted by molar-refractivity contribution is 5.82. The topological polar surface area (TPSA) is 82.1 Å². The van der Waals surface area contributed by atoms with Gasteiger partial charge in [-0.3, -0.25) is 9.98 Å². The van der Waals surface area contributed by atoms with Crippen LogP contribution >= 0.6 is 0 Å². The van der Waals surface area contributed by atoms with Crippen LogP contribution in [0.15, 0.2) is 46.9 Å². The first kappa shape index (κ1) is 13.9. The summed E-state index contributed by atoms with van der Waals surface area (Å²) in [6, 6.07) is 7.69. The van der Waals surface area contributed by atoms with Crippen molar-refractivity contribution < 1.29 is 0 Å². The minimum atomic E-state index is 0.829. The third-order valence-electron chi connectivity index (χ3n) is 3.24. The van der Waals surface area contributed by atoms with Crippen LogP contribution in [0.2, 0.25) is 0 Å². The lowest BCUT2D eigenvalue weighted by molar-refractivity contribution is 1.25. The second kappa shape index (κ2) is 6.17. The first-order valence-electron chi connectivity index (χ1n) is 6.90. The van der Waals surface area contributed by atoms with E-state index in [0.717, 1.165) is 34.2 Å². The van der Waals surface area contributed by atoms with E-state index in [9.17, 15) is 0 Å². The minimum absolute atomic E-state index is 0.829. The molecule has 6 heteroatoms. The molecule has 2 aromatic heterocycles. The molecule has 0 fully saturated rings. The molecule has 0 spiro atoms. The zero-order valence-electron chi connectivity index (χ0n) is 12.4. The molecule has 3 aromatic rings. The minimum Gasteiger partial charge on any atom is -0.348 e. The van der Waals surface area contributed by atoms with Crippen molar-refractivity contribution in [2.75, 3.05) is 0 Å². The maximum atomic E-state index is 4.43. The number of aryl methyl sites for hydroxylation is 2. The third-order valence-corrected chi connectivity index (χ3v) is 3.24. The van der Waals surface area contributed by atoms with Crippen LogP contribution in [0.4, 0.5) is 11.4 Å². The molecule has 6 nitrogen and oxygen atoms in total. The number of aromatic amines is 2. The van der Waals surface area contributed by atoms with Gasteiger partial charge in [-0.2, -0.15) is 0 Å². The molecule has 0 atom stereocenters. The van der Waals surface area contributed by atoms with Crippen LogP contribution in [0, 0.1) is 13.8 Å². The molecular formula is C16H16N6. The first-order chi connectivity index (χ1) is 10.7. The van der Waals surface area contributed by atoms with Gasteiger partial charge in [0.2, 0.25) is 0 Å². The number of benzene rings is 1. The van der Waals surface area contributed by atoms with Gasteiger partial charge in [0.15, 0.2) is 0 Å². The molecule has 3 rings (SSSR count). The summed E-state index contributed by atoms with van der Waals surface area (Å²) in [4.78, 5) is 23.3. The highest BCUT2D eigenvalue weighted by atomic mass is 14.9. The Hall–Kier alpha value is -3.02. The summed E-state index contributed by atoms with van der Waals surface area (Å²) in [5, 5.41) is 0. The van der Waals surface area contributed by atoms with E-state index < -0.39 is 0 Å². The maximum Gasteiger partial charge on any atom is 0.102 e. The van der Waals surface area contributed by atoms with Crippen molar-refractivity contribution in [3.63, 3.8) is 0 Å². The fourth-order valence-electron chi connectivity index (χ4n) is 1.92. The van der Waals surface area contributed by atoms with Crippen molar-refractivity contribution in [1.82, 2.24) is 19.9 Å². The zero-order valence-corrected chi connectivity index (χ0v) is 12.4. The van der Waals surface area contributed by atoms with E-state index in [1.54, 1.807) is 25.1 Å². The SMILES string of the molecule is Cc1[nH]cnc1C=Nc1cccc(N=Cc2nc[nH]c2C)c1. The third kappa shape index (κ3) is 3.17. The fourth-order valence-corrected chi connectivity index (χ4v) is 1.92. The Labute approximate surface area is 128 Å². The lowest BCUT2D eigenvalue weighted by atomic mass is 10.3. The molecule has 22 heavy (non-hydrogen) atoms. The molecule has 0 aliphatic heterocycles. The lowest BCUT2D eigenvalue weighted by Gasteiger charge is -1.96. The van der Waals surface area contributed by atoms with Crippen molar-refractivity contribution in [1.29, 1.82) is 0 Å². The van der Waals surface area contributed by atoms with Crippen LogP contribution in [-0.4, -0.2) is 32.4 Å². The average Bonchev–Trinajstić information content (AvgIpc) is 3.12. The molecule has 2 heterocycles. The highest BCUT2D eigenvalue weighted by Gasteiger charge is 1.98. The van der Waals surface area contributed by atoms with Gasteiger partial charge in [-0.1, -0.05) is 6.07 Å². The van der Waals surface area contributed by atoms with Gasteiger partial charge in [0.05, 0.1) is 36.5 Å². The molecule has 1 aromatic carbocycles. The number of nitrogens with one attached hydrogen (secondary N) is 2. The molecule has 0 radical (unpaired) electrons. The Bertz CT molecular complexity index is 759. The monoisotopic (exact) mass is 292 g/mol. The van der Waals surface area contributed by atoms with Gasteiger partial charge in [0, 0.05) is 11.4 Å². The predicted octanol–water partition coefficient (Wildman–Crippen LogP) is 3.25. The normalized spacial score (nSPS) is 11.7. The highest BCUT2D eigenvalue weighted by Crippen LogP contribution is 2.20. The summed E-state index contributed by atoms with van der Waals surface area (Å²) >= 11 is 0. The second-order valence-electron chi connectivity index (χ2n) is 4.86. The zero-order chi connectivity index (χ0) is 15.4. The molecule has 0 saturated heterocycles. The quantitative estimate of drug-likeness (QED) is 0.724. The molecule has 0 bridgehead atoms. The number of imidazole rings is 2. The Morgan fingerprint density at radius 3 is 1.77 bits per heavy atom. The van der Waals surface area contributed by atoms with Crippen LogP contribution in [0.5, 0.6) is 0 Å². The van der Waals surface area contributed by atoms with Gasteiger partial charge in [0.25, 0.3) is 0 Å². The van der Waals surface area contributed by atoms with Gasteiger partial charge >= 0.3 is 0 Å².